The van der Waals surface area contributed by atoms with Crippen molar-refractivity contribution in [2.75, 3.05) is 11.9 Å². The third-order valence-electron chi connectivity index (χ3n) is 2.38. The summed E-state index contributed by atoms with van der Waals surface area (Å²) in [5.74, 6) is -0.499. The number of ether oxygens (including phenoxy) is 1. The number of anilines is 1. The molecule has 0 aliphatic rings. The van der Waals surface area contributed by atoms with Crippen LogP contribution in [0.3, 0.4) is 0 Å². The Labute approximate surface area is 128 Å². The molecule has 0 aliphatic carbocycles. The van der Waals surface area contributed by atoms with Crippen LogP contribution in [0, 0.1) is 5.82 Å². The van der Waals surface area contributed by atoms with Crippen molar-refractivity contribution in [1.82, 2.24) is 0 Å². The summed E-state index contributed by atoms with van der Waals surface area (Å²) < 4.78 is 18.9. The number of hydrogen-bond donors (Lipinski definition) is 1. The van der Waals surface area contributed by atoms with Crippen molar-refractivity contribution in [3.05, 3.63) is 57.8 Å². The number of hydrogen-bond acceptors (Lipinski definition) is 2. The van der Waals surface area contributed by atoms with E-state index in [1.165, 1.54) is 18.2 Å². The molecule has 0 spiro atoms. The van der Waals surface area contributed by atoms with Crippen LogP contribution in [0.4, 0.5) is 10.1 Å². The molecule has 0 atom stereocenters. The summed E-state index contributed by atoms with van der Waals surface area (Å²) in [5, 5.41) is 3.23. The predicted octanol–water partition coefficient (Wildman–Crippen LogP) is 4.26. The van der Waals surface area contributed by atoms with E-state index in [0.29, 0.717) is 15.2 Å². The lowest BCUT2D eigenvalue weighted by atomic mass is 10.3. The number of nitrogens with one attached hydrogen (secondary N) is 1. The van der Waals surface area contributed by atoms with Gasteiger partial charge in [0.1, 0.15) is 11.6 Å². The fourth-order valence-electron chi connectivity index (χ4n) is 1.46. The van der Waals surface area contributed by atoms with Gasteiger partial charge in [-0.3, -0.25) is 4.79 Å². The smallest absolute Gasteiger partial charge is 0.262 e. The predicted molar refractivity (Wildman–Crippen MR) is 79.7 cm³/mol. The minimum atomic E-state index is -0.429. The molecule has 0 aliphatic heterocycles. The van der Waals surface area contributed by atoms with Gasteiger partial charge in [-0.25, -0.2) is 4.39 Å². The summed E-state index contributed by atoms with van der Waals surface area (Å²) in [4.78, 5) is 11.7. The lowest BCUT2D eigenvalue weighted by Crippen LogP contribution is -2.20. The molecular weight excluding hydrogens is 349 g/mol. The molecule has 0 saturated heterocycles. The normalized spacial score (nSPS) is 10.2. The van der Waals surface area contributed by atoms with Gasteiger partial charge in [-0.15, -0.1) is 0 Å². The minimum Gasteiger partial charge on any atom is -0.482 e. The summed E-state index contributed by atoms with van der Waals surface area (Å²) in [6.07, 6.45) is 0. The highest BCUT2D eigenvalue weighted by atomic mass is 79.9. The number of carbonyl (C=O) groups is 1. The quantitative estimate of drug-likeness (QED) is 0.887. The summed E-state index contributed by atoms with van der Waals surface area (Å²) >= 11 is 8.96. The summed E-state index contributed by atoms with van der Waals surface area (Å²) in [6.45, 7) is -0.218. The first kappa shape index (κ1) is 14.8. The Morgan fingerprint density at radius 1 is 1.25 bits per heavy atom. The van der Waals surface area contributed by atoms with Crippen molar-refractivity contribution in [2.24, 2.45) is 0 Å². The van der Waals surface area contributed by atoms with Gasteiger partial charge < -0.3 is 10.1 Å². The number of halogens is 3. The highest BCUT2D eigenvalue weighted by Crippen LogP contribution is 2.25. The van der Waals surface area contributed by atoms with Gasteiger partial charge in [-0.2, -0.15) is 0 Å². The summed E-state index contributed by atoms with van der Waals surface area (Å²) in [7, 11) is 0. The highest BCUT2D eigenvalue weighted by molar-refractivity contribution is 9.10. The summed E-state index contributed by atoms with van der Waals surface area (Å²) in [6, 6.07) is 10.7. The maximum atomic E-state index is 13.0. The molecule has 0 saturated carbocycles. The maximum absolute atomic E-state index is 13.0. The van der Waals surface area contributed by atoms with Crippen LogP contribution >= 0.6 is 27.5 Å². The SMILES string of the molecule is O=C(COc1cc(F)ccc1Br)Nc1ccc(Cl)cc1. The first-order chi connectivity index (χ1) is 9.54. The molecular formula is C14H10BrClFNO2. The third-order valence-corrected chi connectivity index (χ3v) is 3.29. The van der Waals surface area contributed by atoms with Gasteiger partial charge in [0.2, 0.25) is 0 Å². The van der Waals surface area contributed by atoms with E-state index in [1.54, 1.807) is 24.3 Å². The van der Waals surface area contributed by atoms with Gasteiger partial charge in [-0.1, -0.05) is 11.6 Å². The van der Waals surface area contributed by atoms with Crippen LogP contribution in [0.25, 0.3) is 0 Å². The van der Waals surface area contributed by atoms with Crippen LogP contribution in [-0.4, -0.2) is 12.5 Å². The van der Waals surface area contributed by atoms with Crippen molar-refractivity contribution < 1.29 is 13.9 Å². The van der Waals surface area contributed by atoms with Crippen LogP contribution < -0.4 is 10.1 Å². The van der Waals surface area contributed by atoms with Gasteiger partial charge >= 0.3 is 0 Å². The molecule has 2 aromatic carbocycles. The Hall–Kier alpha value is -1.59. The van der Waals surface area contributed by atoms with Crippen LogP contribution in [0.5, 0.6) is 5.75 Å². The Balaban J connectivity index is 1.92. The third kappa shape index (κ3) is 4.21. The van der Waals surface area contributed by atoms with Crippen molar-refractivity contribution >= 4 is 39.1 Å². The van der Waals surface area contributed by atoms with Crippen molar-refractivity contribution in [3.63, 3.8) is 0 Å². The molecule has 1 amide bonds. The molecule has 0 fully saturated rings. The second kappa shape index (κ2) is 6.72. The largest absolute Gasteiger partial charge is 0.482 e. The Morgan fingerprint density at radius 3 is 2.65 bits per heavy atom. The van der Waals surface area contributed by atoms with E-state index >= 15 is 0 Å². The molecule has 1 N–H and O–H groups in total. The van der Waals surface area contributed by atoms with Crippen LogP contribution in [0.2, 0.25) is 5.02 Å². The molecule has 0 heterocycles. The topological polar surface area (TPSA) is 38.3 Å². The van der Waals surface area contributed by atoms with Crippen LogP contribution in [-0.2, 0) is 4.79 Å². The first-order valence-electron chi connectivity index (χ1n) is 5.68. The van der Waals surface area contributed by atoms with Gasteiger partial charge in [-0.05, 0) is 52.3 Å². The van der Waals surface area contributed by atoms with Crippen molar-refractivity contribution in [2.45, 2.75) is 0 Å². The average molecular weight is 359 g/mol. The monoisotopic (exact) mass is 357 g/mol. The van der Waals surface area contributed by atoms with Gasteiger partial charge in [0.05, 0.1) is 4.47 Å². The average Bonchev–Trinajstić information content (AvgIpc) is 2.42. The first-order valence-corrected chi connectivity index (χ1v) is 6.85. The Morgan fingerprint density at radius 2 is 1.95 bits per heavy atom. The highest BCUT2D eigenvalue weighted by Gasteiger charge is 2.07. The lowest BCUT2D eigenvalue weighted by Gasteiger charge is -2.09. The molecule has 0 radical (unpaired) electrons. The van der Waals surface area contributed by atoms with Crippen molar-refractivity contribution in [1.29, 1.82) is 0 Å². The molecule has 0 unspecified atom stereocenters. The number of amides is 1. The second-order valence-electron chi connectivity index (χ2n) is 3.92. The van der Waals surface area contributed by atoms with E-state index in [9.17, 15) is 9.18 Å². The molecule has 2 aromatic rings. The molecule has 2 rings (SSSR count). The number of rotatable bonds is 4. The van der Waals surface area contributed by atoms with Gasteiger partial charge in [0.25, 0.3) is 5.91 Å². The zero-order valence-corrected chi connectivity index (χ0v) is 12.5. The van der Waals surface area contributed by atoms with E-state index < -0.39 is 5.82 Å². The molecule has 6 heteroatoms. The zero-order valence-electron chi connectivity index (χ0n) is 10.2. The Kier molecular flexibility index (Phi) is 4.98. The maximum Gasteiger partial charge on any atom is 0.262 e. The molecule has 0 bridgehead atoms. The van der Waals surface area contributed by atoms with Crippen LogP contribution in [0.1, 0.15) is 0 Å². The standard InChI is InChI=1S/C14H10BrClFNO2/c15-12-6-3-10(17)7-13(12)20-8-14(19)18-11-4-1-9(16)2-5-11/h1-7H,8H2,(H,18,19). The minimum absolute atomic E-state index is 0.218. The van der Waals surface area contributed by atoms with E-state index in [4.69, 9.17) is 16.3 Å². The molecule has 3 nitrogen and oxygen atoms in total. The molecule has 0 aromatic heterocycles. The van der Waals surface area contributed by atoms with E-state index in [0.717, 1.165) is 0 Å². The van der Waals surface area contributed by atoms with Gasteiger partial charge in [0.15, 0.2) is 6.61 Å². The number of carbonyl (C=O) groups excluding carboxylic acids is 1. The fraction of sp³-hybridized carbons (Fsp3) is 0.0714. The molecule has 104 valence electrons. The van der Waals surface area contributed by atoms with Crippen LogP contribution in [0.15, 0.2) is 46.9 Å². The number of benzene rings is 2. The lowest BCUT2D eigenvalue weighted by molar-refractivity contribution is -0.118. The Bertz CT molecular complexity index is 619. The fourth-order valence-corrected chi connectivity index (χ4v) is 1.95. The summed E-state index contributed by atoms with van der Waals surface area (Å²) in [5.41, 5.74) is 0.612. The van der Waals surface area contributed by atoms with Crippen molar-refractivity contribution in [3.8, 4) is 5.75 Å². The second-order valence-corrected chi connectivity index (χ2v) is 5.21. The van der Waals surface area contributed by atoms with Gasteiger partial charge in [0, 0.05) is 16.8 Å². The molecule has 20 heavy (non-hydrogen) atoms. The van der Waals surface area contributed by atoms with E-state index in [2.05, 4.69) is 21.2 Å². The van der Waals surface area contributed by atoms with E-state index in [1.807, 2.05) is 0 Å². The zero-order chi connectivity index (χ0) is 14.5. The van der Waals surface area contributed by atoms with E-state index in [-0.39, 0.29) is 18.3 Å².